The number of carboxylic acid groups (broad SMARTS) is 1. The lowest BCUT2D eigenvalue weighted by Crippen LogP contribution is -2.35. The van der Waals surface area contributed by atoms with Gasteiger partial charge >= 0.3 is 6.09 Å². The van der Waals surface area contributed by atoms with Crippen LogP contribution in [0.5, 0.6) is 0 Å². The van der Waals surface area contributed by atoms with Crippen molar-refractivity contribution < 1.29 is 14.6 Å². The van der Waals surface area contributed by atoms with Crippen LogP contribution in [-0.4, -0.2) is 36.4 Å². The van der Waals surface area contributed by atoms with Gasteiger partial charge in [-0.3, -0.25) is 4.90 Å². The van der Waals surface area contributed by atoms with Crippen LogP contribution in [0.4, 0.5) is 4.79 Å². The first-order valence-corrected chi connectivity index (χ1v) is 4.35. The van der Waals surface area contributed by atoms with Gasteiger partial charge in [0.1, 0.15) is 0 Å². The Morgan fingerprint density at radius 1 is 1.85 bits per heavy atom. The molecule has 1 N–H and O–H groups in total. The summed E-state index contributed by atoms with van der Waals surface area (Å²) in [6.45, 7) is 1.24. The van der Waals surface area contributed by atoms with Gasteiger partial charge in [0.25, 0.3) is 0 Å². The molecule has 72 valence electrons. The van der Waals surface area contributed by atoms with Gasteiger partial charge in [-0.2, -0.15) is 0 Å². The van der Waals surface area contributed by atoms with Crippen molar-refractivity contribution in [1.82, 2.24) is 4.90 Å². The molecular weight excluding hydrogens is 170 g/mol. The number of amides is 1. The number of hydrogen-bond acceptors (Lipinski definition) is 2. The lowest BCUT2D eigenvalue weighted by molar-refractivity contribution is 0.103. The molecule has 13 heavy (non-hydrogen) atoms. The molecule has 1 heterocycles. The molecule has 1 amide bonds. The SMILES string of the molecule is COCC12CC1C=CN(C(=O)O)C2. The molecule has 4 nitrogen and oxygen atoms in total. The Kier molecular flexibility index (Phi) is 1.80. The summed E-state index contributed by atoms with van der Waals surface area (Å²) in [6.07, 6.45) is 3.81. The maximum Gasteiger partial charge on any atom is 0.411 e. The fourth-order valence-corrected chi connectivity index (χ4v) is 2.06. The summed E-state index contributed by atoms with van der Waals surface area (Å²) in [6, 6.07) is 0. The molecule has 2 aliphatic rings. The van der Waals surface area contributed by atoms with Gasteiger partial charge in [-0.15, -0.1) is 0 Å². The molecule has 0 aromatic heterocycles. The number of fused-ring (bicyclic) bond motifs is 1. The second-order valence-electron chi connectivity index (χ2n) is 3.86. The third kappa shape index (κ3) is 1.31. The first-order chi connectivity index (χ1) is 6.18. The quantitative estimate of drug-likeness (QED) is 0.698. The van der Waals surface area contributed by atoms with E-state index in [0.717, 1.165) is 6.42 Å². The van der Waals surface area contributed by atoms with Crippen LogP contribution in [-0.2, 0) is 4.74 Å². The Morgan fingerprint density at radius 2 is 2.62 bits per heavy atom. The van der Waals surface area contributed by atoms with Gasteiger partial charge in [0.2, 0.25) is 0 Å². The molecule has 0 radical (unpaired) electrons. The molecule has 2 atom stereocenters. The predicted molar refractivity (Wildman–Crippen MR) is 46.3 cm³/mol. The summed E-state index contributed by atoms with van der Waals surface area (Å²) in [5.74, 6) is 0.531. The topological polar surface area (TPSA) is 49.8 Å². The molecule has 0 spiro atoms. The molecule has 1 aliphatic heterocycles. The van der Waals surface area contributed by atoms with E-state index in [1.54, 1.807) is 13.3 Å². The Balaban J connectivity index is 2.06. The first kappa shape index (κ1) is 8.56. The number of hydrogen-bond donors (Lipinski definition) is 1. The minimum atomic E-state index is -0.878. The van der Waals surface area contributed by atoms with Crippen LogP contribution in [0, 0.1) is 11.3 Å². The molecule has 4 heteroatoms. The van der Waals surface area contributed by atoms with E-state index in [1.165, 1.54) is 4.90 Å². The zero-order valence-electron chi connectivity index (χ0n) is 7.56. The standard InChI is InChI=1S/C9H13NO3/c1-13-6-9-4-7(9)2-3-10(5-9)8(11)12/h2-3,7H,4-6H2,1H3,(H,11,12). The summed E-state index contributed by atoms with van der Waals surface area (Å²) in [7, 11) is 1.66. The second kappa shape index (κ2) is 2.73. The summed E-state index contributed by atoms with van der Waals surface area (Å²) >= 11 is 0. The molecule has 1 aliphatic carbocycles. The highest BCUT2D eigenvalue weighted by molar-refractivity contribution is 5.67. The fraction of sp³-hybridized carbons (Fsp3) is 0.667. The van der Waals surface area contributed by atoms with Gasteiger partial charge in [-0.05, 0) is 12.3 Å². The van der Waals surface area contributed by atoms with E-state index in [0.29, 0.717) is 19.1 Å². The van der Waals surface area contributed by atoms with E-state index in [1.807, 2.05) is 6.08 Å². The maximum absolute atomic E-state index is 10.7. The van der Waals surface area contributed by atoms with Crippen molar-refractivity contribution in [2.45, 2.75) is 6.42 Å². The highest BCUT2D eigenvalue weighted by Crippen LogP contribution is 2.55. The van der Waals surface area contributed by atoms with E-state index in [2.05, 4.69) is 0 Å². The largest absolute Gasteiger partial charge is 0.465 e. The highest BCUT2D eigenvalue weighted by Gasteiger charge is 2.55. The van der Waals surface area contributed by atoms with Crippen LogP contribution in [0.3, 0.4) is 0 Å². The Hall–Kier alpha value is -1.03. The second-order valence-corrected chi connectivity index (χ2v) is 3.86. The molecule has 2 unspecified atom stereocenters. The smallest absolute Gasteiger partial charge is 0.411 e. The number of nitrogens with zero attached hydrogens (tertiary/aromatic N) is 1. The molecular formula is C9H13NO3. The fourth-order valence-electron chi connectivity index (χ4n) is 2.06. The molecule has 0 aromatic carbocycles. The van der Waals surface area contributed by atoms with Crippen molar-refractivity contribution in [3.05, 3.63) is 12.3 Å². The van der Waals surface area contributed by atoms with Gasteiger partial charge in [0.05, 0.1) is 6.61 Å². The van der Waals surface area contributed by atoms with E-state index < -0.39 is 6.09 Å². The van der Waals surface area contributed by atoms with Crippen molar-refractivity contribution in [2.75, 3.05) is 20.3 Å². The van der Waals surface area contributed by atoms with Gasteiger partial charge in [-0.25, -0.2) is 4.79 Å². The average Bonchev–Trinajstić information content (AvgIpc) is 2.77. The van der Waals surface area contributed by atoms with Gasteiger partial charge in [0.15, 0.2) is 0 Å². The Morgan fingerprint density at radius 3 is 3.23 bits per heavy atom. The first-order valence-electron chi connectivity index (χ1n) is 4.35. The van der Waals surface area contributed by atoms with Crippen LogP contribution < -0.4 is 0 Å². The normalized spacial score (nSPS) is 35.8. The monoisotopic (exact) mass is 183 g/mol. The van der Waals surface area contributed by atoms with E-state index in [-0.39, 0.29) is 5.41 Å². The number of allylic oxidation sites excluding steroid dienone is 1. The van der Waals surface area contributed by atoms with E-state index in [4.69, 9.17) is 9.84 Å². The lowest BCUT2D eigenvalue weighted by atomic mass is 10.0. The molecule has 1 saturated carbocycles. The number of rotatable bonds is 2. The minimum Gasteiger partial charge on any atom is -0.465 e. The highest BCUT2D eigenvalue weighted by atomic mass is 16.5. The summed E-state index contributed by atoms with van der Waals surface area (Å²) < 4.78 is 5.10. The van der Waals surface area contributed by atoms with Crippen molar-refractivity contribution in [3.8, 4) is 0 Å². The summed E-state index contributed by atoms with van der Waals surface area (Å²) in [5.41, 5.74) is 0.0852. The Labute approximate surface area is 76.8 Å². The van der Waals surface area contributed by atoms with E-state index in [9.17, 15) is 4.79 Å². The van der Waals surface area contributed by atoms with Gasteiger partial charge in [0, 0.05) is 25.3 Å². The number of ether oxygens (including phenoxy) is 1. The third-order valence-corrected chi connectivity index (χ3v) is 2.91. The van der Waals surface area contributed by atoms with Crippen molar-refractivity contribution >= 4 is 6.09 Å². The van der Waals surface area contributed by atoms with Crippen molar-refractivity contribution in [3.63, 3.8) is 0 Å². The minimum absolute atomic E-state index is 0.0852. The molecule has 1 fully saturated rings. The van der Waals surface area contributed by atoms with Crippen LogP contribution in [0.25, 0.3) is 0 Å². The maximum atomic E-state index is 10.7. The van der Waals surface area contributed by atoms with Crippen LogP contribution >= 0.6 is 0 Å². The third-order valence-electron chi connectivity index (χ3n) is 2.91. The Bertz CT molecular complexity index is 264. The predicted octanol–water partition coefficient (Wildman–Crippen LogP) is 1.15. The average molecular weight is 183 g/mol. The van der Waals surface area contributed by atoms with Gasteiger partial charge in [-0.1, -0.05) is 6.08 Å². The molecule has 0 bridgehead atoms. The van der Waals surface area contributed by atoms with Crippen LogP contribution in [0.2, 0.25) is 0 Å². The number of methoxy groups -OCH3 is 1. The van der Waals surface area contributed by atoms with Crippen molar-refractivity contribution in [1.29, 1.82) is 0 Å². The van der Waals surface area contributed by atoms with Crippen LogP contribution in [0.1, 0.15) is 6.42 Å². The summed E-state index contributed by atoms with van der Waals surface area (Å²) in [5, 5.41) is 8.79. The van der Waals surface area contributed by atoms with Gasteiger partial charge < -0.3 is 9.84 Å². The van der Waals surface area contributed by atoms with Crippen molar-refractivity contribution in [2.24, 2.45) is 11.3 Å². The zero-order chi connectivity index (χ0) is 9.47. The van der Waals surface area contributed by atoms with Crippen LogP contribution in [0.15, 0.2) is 12.3 Å². The zero-order valence-corrected chi connectivity index (χ0v) is 7.56. The molecule has 2 rings (SSSR count). The molecule has 0 saturated heterocycles. The number of carbonyl (C=O) groups is 1. The van der Waals surface area contributed by atoms with E-state index >= 15 is 0 Å². The summed E-state index contributed by atoms with van der Waals surface area (Å²) in [4.78, 5) is 12.0. The molecule has 0 aromatic rings. The lowest BCUT2D eigenvalue weighted by Gasteiger charge is -2.25.